The minimum atomic E-state index is -1.17. The van der Waals surface area contributed by atoms with Crippen molar-refractivity contribution in [2.24, 2.45) is 23.7 Å². The molecular formula is C22H34O5. The highest BCUT2D eigenvalue weighted by molar-refractivity contribution is 5.66. The van der Waals surface area contributed by atoms with Crippen molar-refractivity contribution >= 4 is 5.97 Å². The number of hydrogen-bond donors (Lipinski definition) is 3. The van der Waals surface area contributed by atoms with Crippen LogP contribution in [-0.4, -0.2) is 45.2 Å². The number of ether oxygens (including phenoxy) is 1. The third kappa shape index (κ3) is 4.71. The molecule has 0 spiro atoms. The number of aliphatic hydroxyl groups excluding tert-OH is 2. The molecule has 0 aromatic heterocycles. The van der Waals surface area contributed by atoms with E-state index in [-0.39, 0.29) is 23.7 Å². The SMILES string of the molecule is C=C1[C@H](O)C[C@@H](C(C)C(CC=C(C)C)OC(C)=O)[C@@H](O)[C@H]2[C@H]1C=CC2(C)O. The zero-order chi connectivity index (χ0) is 20.5. The molecule has 2 rings (SSSR count). The second-order valence-electron chi connectivity index (χ2n) is 8.64. The van der Waals surface area contributed by atoms with Gasteiger partial charge in [0.1, 0.15) is 6.10 Å². The van der Waals surface area contributed by atoms with Crippen LogP contribution < -0.4 is 0 Å². The first-order valence-corrected chi connectivity index (χ1v) is 9.72. The van der Waals surface area contributed by atoms with Gasteiger partial charge in [0.15, 0.2) is 0 Å². The lowest BCUT2D eigenvalue weighted by Gasteiger charge is -2.39. The number of rotatable bonds is 5. The van der Waals surface area contributed by atoms with E-state index in [9.17, 15) is 20.1 Å². The number of esters is 1. The topological polar surface area (TPSA) is 87.0 Å². The molecule has 0 aromatic rings. The van der Waals surface area contributed by atoms with Gasteiger partial charge in [-0.05, 0) is 44.6 Å². The summed E-state index contributed by atoms with van der Waals surface area (Å²) in [5, 5.41) is 32.6. The van der Waals surface area contributed by atoms with Crippen LogP contribution >= 0.6 is 0 Å². The number of allylic oxidation sites excluding steroid dienone is 2. The lowest BCUT2D eigenvalue weighted by molar-refractivity contribution is -0.152. The van der Waals surface area contributed by atoms with E-state index < -0.39 is 29.8 Å². The standard InChI is InChI=1S/C22H34O5/c1-12(2)7-8-19(27-15(5)23)14(4)17-11-18(24)13(3)16-9-10-22(6,26)20(16)21(17)25/h7,9-10,14,16-21,24-26H,3,8,11H2,1-2,4-6H3/t14?,16-,17-,18+,19?,20+,21+,22?/m0/s1. The molecule has 27 heavy (non-hydrogen) atoms. The Morgan fingerprint density at radius 3 is 2.59 bits per heavy atom. The predicted molar refractivity (Wildman–Crippen MR) is 105 cm³/mol. The van der Waals surface area contributed by atoms with Crippen LogP contribution in [0.3, 0.4) is 0 Å². The Kier molecular flexibility index (Phi) is 6.72. The van der Waals surface area contributed by atoms with Crippen molar-refractivity contribution in [3.63, 3.8) is 0 Å². The monoisotopic (exact) mass is 378 g/mol. The number of carbonyl (C=O) groups is 1. The van der Waals surface area contributed by atoms with E-state index in [4.69, 9.17) is 4.74 Å². The van der Waals surface area contributed by atoms with Gasteiger partial charge in [-0.2, -0.15) is 0 Å². The highest BCUT2D eigenvalue weighted by Crippen LogP contribution is 2.48. The molecule has 8 atom stereocenters. The predicted octanol–water partition coefficient (Wildman–Crippen LogP) is 2.76. The van der Waals surface area contributed by atoms with Gasteiger partial charge in [-0.25, -0.2) is 0 Å². The minimum Gasteiger partial charge on any atom is -0.462 e. The van der Waals surface area contributed by atoms with Crippen LogP contribution in [0.2, 0.25) is 0 Å². The second kappa shape index (κ2) is 8.29. The molecule has 0 saturated heterocycles. The van der Waals surface area contributed by atoms with E-state index in [2.05, 4.69) is 6.58 Å². The molecule has 152 valence electrons. The lowest BCUT2D eigenvalue weighted by atomic mass is 9.72. The van der Waals surface area contributed by atoms with Crippen LogP contribution in [-0.2, 0) is 9.53 Å². The van der Waals surface area contributed by atoms with Gasteiger partial charge in [-0.1, -0.05) is 37.3 Å². The van der Waals surface area contributed by atoms with Crippen molar-refractivity contribution in [1.29, 1.82) is 0 Å². The van der Waals surface area contributed by atoms with E-state index >= 15 is 0 Å². The molecule has 1 saturated carbocycles. The highest BCUT2D eigenvalue weighted by Gasteiger charge is 2.52. The van der Waals surface area contributed by atoms with E-state index in [0.717, 1.165) is 5.57 Å². The summed E-state index contributed by atoms with van der Waals surface area (Å²) in [6, 6.07) is 0. The molecule has 5 heteroatoms. The summed E-state index contributed by atoms with van der Waals surface area (Å²) in [6.07, 6.45) is 4.36. The zero-order valence-electron chi connectivity index (χ0n) is 17.1. The van der Waals surface area contributed by atoms with Gasteiger partial charge in [0, 0.05) is 25.2 Å². The first-order chi connectivity index (χ1) is 12.5. The fourth-order valence-electron chi connectivity index (χ4n) is 4.58. The maximum absolute atomic E-state index is 11.6. The van der Waals surface area contributed by atoms with Crippen molar-refractivity contribution in [2.75, 3.05) is 0 Å². The van der Waals surface area contributed by atoms with Crippen LogP contribution in [0.5, 0.6) is 0 Å². The van der Waals surface area contributed by atoms with E-state index in [1.165, 1.54) is 6.92 Å². The Morgan fingerprint density at radius 1 is 1.41 bits per heavy atom. The molecular weight excluding hydrogens is 344 g/mol. The molecule has 1 fully saturated rings. The number of fused-ring (bicyclic) bond motifs is 1. The Balaban J connectivity index is 2.34. The van der Waals surface area contributed by atoms with E-state index in [0.29, 0.717) is 18.4 Å². The molecule has 0 radical (unpaired) electrons. The number of aliphatic hydroxyl groups is 3. The molecule has 0 heterocycles. The molecule has 3 unspecified atom stereocenters. The van der Waals surface area contributed by atoms with Gasteiger partial charge in [-0.3, -0.25) is 4.79 Å². The summed E-state index contributed by atoms with van der Waals surface area (Å²) in [5.74, 6) is -1.65. The number of carbonyl (C=O) groups excluding carboxylic acids is 1. The third-order valence-electron chi connectivity index (χ3n) is 6.20. The Bertz CT molecular complexity index is 629. The molecule has 2 aliphatic rings. The first-order valence-electron chi connectivity index (χ1n) is 9.72. The molecule has 2 aliphatic carbocycles. The van der Waals surface area contributed by atoms with Crippen molar-refractivity contribution in [3.05, 3.63) is 36.0 Å². The summed E-state index contributed by atoms with van der Waals surface area (Å²) in [5.41, 5.74) is 0.569. The van der Waals surface area contributed by atoms with Crippen molar-refractivity contribution < 1.29 is 24.9 Å². The van der Waals surface area contributed by atoms with Crippen molar-refractivity contribution in [2.45, 2.75) is 71.4 Å². The third-order valence-corrected chi connectivity index (χ3v) is 6.20. The largest absolute Gasteiger partial charge is 0.462 e. The van der Waals surface area contributed by atoms with Crippen LogP contribution in [0.15, 0.2) is 36.0 Å². The average molecular weight is 379 g/mol. The maximum atomic E-state index is 11.6. The molecule has 5 nitrogen and oxygen atoms in total. The molecule has 0 amide bonds. The van der Waals surface area contributed by atoms with Crippen LogP contribution in [0.4, 0.5) is 0 Å². The Hall–Kier alpha value is -1.43. The number of hydrogen-bond acceptors (Lipinski definition) is 5. The van der Waals surface area contributed by atoms with E-state index in [1.807, 2.05) is 32.9 Å². The zero-order valence-corrected chi connectivity index (χ0v) is 17.1. The van der Waals surface area contributed by atoms with Crippen molar-refractivity contribution in [1.82, 2.24) is 0 Å². The fraction of sp³-hybridized carbons (Fsp3) is 0.682. The second-order valence-corrected chi connectivity index (χ2v) is 8.64. The first kappa shape index (κ1) is 21.9. The minimum absolute atomic E-state index is 0.197. The quantitative estimate of drug-likeness (QED) is 0.506. The summed E-state index contributed by atoms with van der Waals surface area (Å²) in [6.45, 7) is 13.0. The molecule has 3 N–H and O–H groups in total. The van der Waals surface area contributed by atoms with E-state index in [1.54, 1.807) is 13.0 Å². The maximum Gasteiger partial charge on any atom is 0.302 e. The summed E-state index contributed by atoms with van der Waals surface area (Å²) >= 11 is 0. The fourth-order valence-corrected chi connectivity index (χ4v) is 4.58. The van der Waals surface area contributed by atoms with Crippen molar-refractivity contribution in [3.8, 4) is 0 Å². The Morgan fingerprint density at radius 2 is 2.04 bits per heavy atom. The molecule has 0 aliphatic heterocycles. The van der Waals surface area contributed by atoms with Gasteiger partial charge >= 0.3 is 5.97 Å². The molecule has 0 bridgehead atoms. The summed E-state index contributed by atoms with van der Waals surface area (Å²) < 4.78 is 5.55. The lowest BCUT2D eigenvalue weighted by Crippen LogP contribution is -2.46. The van der Waals surface area contributed by atoms with Gasteiger partial charge in [-0.15, -0.1) is 0 Å². The average Bonchev–Trinajstić information content (AvgIpc) is 2.84. The van der Waals surface area contributed by atoms with Gasteiger partial charge < -0.3 is 20.1 Å². The smallest absolute Gasteiger partial charge is 0.302 e. The van der Waals surface area contributed by atoms with Crippen LogP contribution in [0.1, 0.15) is 47.5 Å². The van der Waals surface area contributed by atoms with Crippen LogP contribution in [0, 0.1) is 23.7 Å². The highest BCUT2D eigenvalue weighted by atomic mass is 16.5. The normalized spacial score (nSPS) is 37.9. The Labute approximate surface area is 162 Å². The van der Waals surface area contributed by atoms with Gasteiger partial charge in [0.25, 0.3) is 0 Å². The summed E-state index contributed by atoms with van der Waals surface area (Å²) in [7, 11) is 0. The van der Waals surface area contributed by atoms with Crippen LogP contribution in [0.25, 0.3) is 0 Å². The summed E-state index contributed by atoms with van der Waals surface area (Å²) in [4.78, 5) is 11.6. The van der Waals surface area contributed by atoms with Gasteiger partial charge in [0.05, 0.1) is 17.8 Å². The molecule has 0 aromatic carbocycles. The van der Waals surface area contributed by atoms with Gasteiger partial charge in [0.2, 0.25) is 0 Å².